The van der Waals surface area contributed by atoms with Gasteiger partial charge in [-0.2, -0.15) is 0 Å². The Bertz CT molecular complexity index is 643. The van der Waals surface area contributed by atoms with Gasteiger partial charge in [-0.25, -0.2) is 4.98 Å². The lowest BCUT2D eigenvalue weighted by Crippen LogP contribution is -2.33. The van der Waals surface area contributed by atoms with E-state index in [1.165, 1.54) is 25.7 Å². The molecule has 2 aromatic rings. The summed E-state index contributed by atoms with van der Waals surface area (Å²) in [6, 6.07) is 2.68. The van der Waals surface area contributed by atoms with Gasteiger partial charge in [0.05, 0.1) is 12.2 Å². The van der Waals surface area contributed by atoms with Crippen LogP contribution in [-0.4, -0.2) is 22.7 Å². The number of halogens is 1. The number of aromatic nitrogens is 2. The Hall–Kier alpha value is -1.42. The predicted molar refractivity (Wildman–Crippen MR) is 90.4 cm³/mol. The van der Waals surface area contributed by atoms with Crippen molar-refractivity contribution in [3.05, 3.63) is 16.9 Å². The van der Waals surface area contributed by atoms with Crippen LogP contribution in [0.2, 0.25) is 5.15 Å². The van der Waals surface area contributed by atoms with Crippen molar-refractivity contribution in [3.8, 4) is 0 Å². The van der Waals surface area contributed by atoms with Gasteiger partial charge in [0.25, 0.3) is 0 Å². The minimum Gasteiger partial charge on any atom is -0.363 e. The molecule has 1 aliphatic heterocycles. The van der Waals surface area contributed by atoms with E-state index in [1.807, 2.05) is 20.8 Å². The number of nitrogens with one attached hydrogen (secondary N) is 2. The number of H-pyrrole nitrogens is 1. The van der Waals surface area contributed by atoms with Gasteiger partial charge >= 0.3 is 0 Å². The van der Waals surface area contributed by atoms with Crippen LogP contribution in [-0.2, 0) is 0 Å². The second-order valence-electron chi connectivity index (χ2n) is 5.59. The van der Waals surface area contributed by atoms with Gasteiger partial charge in [-0.05, 0) is 25.8 Å². The summed E-state index contributed by atoms with van der Waals surface area (Å²) in [5, 5.41) is 5.10. The average Bonchev–Trinajstić information content (AvgIpc) is 3.18. The number of pyridine rings is 1. The Morgan fingerprint density at radius 1 is 1.29 bits per heavy atom. The Labute approximate surface area is 130 Å². The molecule has 5 heteroatoms. The lowest BCUT2D eigenvalue weighted by molar-refractivity contribution is 0.630. The van der Waals surface area contributed by atoms with Crippen molar-refractivity contribution in [1.82, 2.24) is 9.97 Å². The van der Waals surface area contributed by atoms with Crippen LogP contribution in [0, 0.1) is 6.92 Å². The van der Waals surface area contributed by atoms with Gasteiger partial charge in [0.2, 0.25) is 0 Å². The van der Waals surface area contributed by atoms with Crippen LogP contribution >= 0.6 is 11.6 Å². The quantitative estimate of drug-likeness (QED) is 0.752. The van der Waals surface area contributed by atoms with Gasteiger partial charge in [-0.1, -0.05) is 38.3 Å². The largest absolute Gasteiger partial charge is 0.363 e. The molecule has 2 N–H and O–H groups in total. The molecule has 1 aliphatic carbocycles. The predicted octanol–water partition coefficient (Wildman–Crippen LogP) is 4.68. The van der Waals surface area contributed by atoms with Crippen LogP contribution in [0.4, 0.5) is 11.5 Å². The summed E-state index contributed by atoms with van der Waals surface area (Å²) in [6.07, 6.45) is 5.19. The summed E-state index contributed by atoms with van der Waals surface area (Å²) in [4.78, 5) is 10.4. The van der Waals surface area contributed by atoms with Crippen LogP contribution in [0.5, 0.6) is 0 Å². The van der Waals surface area contributed by atoms with E-state index in [0.29, 0.717) is 11.2 Å². The van der Waals surface area contributed by atoms with Crippen molar-refractivity contribution in [2.45, 2.75) is 52.5 Å². The van der Waals surface area contributed by atoms with Crippen LogP contribution < -0.4 is 10.2 Å². The molecule has 0 saturated heterocycles. The fraction of sp³-hybridized carbons (Fsp3) is 0.562. The molecule has 0 bridgehead atoms. The first-order chi connectivity index (χ1) is 10.2. The lowest BCUT2D eigenvalue weighted by Gasteiger charge is -2.24. The minimum atomic E-state index is 0.602. The molecule has 4 nitrogen and oxygen atoms in total. The zero-order valence-corrected chi connectivity index (χ0v) is 13.7. The van der Waals surface area contributed by atoms with Crippen molar-refractivity contribution in [2.24, 2.45) is 0 Å². The van der Waals surface area contributed by atoms with Crippen molar-refractivity contribution in [2.75, 3.05) is 16.9 Å². The highest BCUT2D eigenvalue weighted by molar-refractivity contribution is 6.35. The standard InChI is InChI=1S/C14H17ClN4.C2H6/c1-8-6-10-11(17-8)12-14(18-13(10)15)19(7-16-12)9-4-2-3-5-9;1-2/h6,9,16-17H,2-5,7H2,1H3;1-2H3. The zero-order valence-electron chi connectivity index (χ0n) is 13.0. The maximum Gasteiger partial charge on any atom is 0.157 e. The highest BCUT2D eigenvalue weighted by atomic mass is 35.5. The molecule has 1 saturated carbocycles. The minimum absolute atomic E-state index is 0.602. The Morgan fingerprint density at radius 2 is 2.00 bits per heavy atom. The number of aryl methyl sites for hydroxylation is 1. The van der Waals surface area contributed by atoms with Gasteiger partial charge in [0.15, 0.2) is 5.82 Å². The smallest absolute Gasteiger partial charge is 0.157 e. The molecule has 21 heavy (non-hydrogen) atoms. The number of rotatable bonds is 1. The normalized spacial score (nSPS) is 17.6. The maximum atomic E-state index is 6.34. The van der Waals surface area contributed by atoms with E-state index in [-0.39, 0.29) is 0 Å². The molecule has 0 amide bonds. The number of aromatic amines is 1. The van der Waals surface area contributed by atoms with Crippen molar-refractivity contribution >= 4 is 34.0 Å². The van der Waals surface area contributed by atoms with E-state index in [9.17, 15) is 0 Å². The molecule has 3 heterocycles. The first-order valence-corrected chi connectivity index (χ1v) is 8.31. The molecule has 2 aromatic heterocycles. The van der Waals surface area contributed by atoms with Crippen LogP contribution in [0.15, 0.2) is 6.07 Å². The fourth-order valence-electron chi connectivity index (χ4n) is 3.40. The number of anilines is 2. The summed E-state index contributed by atoms with van der Waals surface area (Å²) >= 11 is 6.34. The molecular formula is C16H23ClN4. The molecule has 0 spiro atoms. The number of hydrogen-bond acceptors (Lipinski definition) is 3. The first kappa shape index (κ1) is 14.5. The highest BCUT2D eigenvalue weighted by Crippen LogP contribution is 2.41. The van der Waals surface area contributed by atoms with Gasteiger partial charge in [-0.15, -0.1) is 0 Å². The summed E-state index contributed by atoms with van der Waals surface area (Å²) in [7, 11) is 0. The zero-order chi connectivity index (χ0) is 15.0. The van der Waals surface area contributed by atoms with E-state index >= 15 is 0 Å². The van der Waals surface area contributed by atoms with E-state index in [4.69, 9.17) is 11.6 Å². The second kappa shape index (κ2) is 5.76. The van der Waals surface area contributed by atoms with Crippen LogP contribution in [0.3, 0.4) is 0 Å². The molecule has 0 aromatic carbocycles. The van der Waals surface area contributed by atoms with Crippen molar-refractivity contribution in [3.63, 3.8) is 0 Å². The second-order valence-corrected chi connectivity index (χ2v) is 5.94. The summed E-state index contributed by atoms with van der Waals surface area (Å²) in [5.41, 5.74) is 3.32. The van der Waals surface area contributed by atoms with Gasteiger partial charge < -0.3 is 15.2 Å². The summed E-state index contributed by atoms with van der Waals surface area (Å²) in [6.45, 7) is 6.90. The first-order valence-electron chi connectivity index (χ1n) is 7.93. The third-order valence-corrected chi connectivity index (χ3v) is 4.60. The maximum absolute atomic E-state index is 6.34. The highest BCUT2D eigenvalue weighted by Gasteiger charge is 2.31. The van der Waals surface area contributed by atoms with Gasteiger partial charge in [0, 0.05) is 17.1 Å². The Morgan fingerprint density at radius 3 is 2.71 bits per heavy atom. The van der Waals surface area contributed by atoms with Crippen molar-refractivity contribution < 1.29 is 0 Å². The molecule has 1 fully saturated rings. The number of fused-ring (bicyclic) bond motifs is 3. The van der Waals surface area contributed by atoms with E-state index in [1.54, 1.807) is 0 Å². The van der Waals surface area contributed by atoms with E-state index in [2.05, 4.69) is 26.3 Å². The van der Waals surface area contributed by atoms with Gasteiger partial charge in [0.1, 0.15) is 10.8 Å². The Balaban J connectivity index is 0.000000636. The van der Waals surface area contributed by atoms with Crippen molar-refractivity contribution in [1.29, 1.82) is 0 Å². The monoisotopic (exact) mass is 306 g/mol. The van der Waals surface area contributed by atoms with E-state index < -0.39 is 0 Å². The molecule has 4 rings (SSSR count). The number of nitrogens with zero attached hydrogens (tertiary/aromatic N) is 2. The van der Waals surface area contributed by atoms with Crippen LogP contribution in [0.25, 0.3) is 10.9 Å². The number of hydrogen-bond donors (Lipinski definition) is 2. The van der Waals surface area contributed by atoms with Gasteiger partial charge in [-0.3, -0.25) is 0 Å². The molecule has 114 valence electrons. The molecule has 0 atom stereocenters. The molecule has 2 aliphatic rings. The Kier molecular flexibility index (Phi) is 3.98. The SMILES string of the molecule is CC.Cc1cc2c(Cl)nc3c(c2[nH]1)NCN3C1CCCC1. The lowest BCUT2D eigenvalue weighted by atomic mass is 10.2. The summed E-state index contributed by atoms with van der Waals surface area (Å²) < 4.78 is 0. The average molecular weight is 307 g/mol. The fourth-order valence-corrected chi connectivity index (χ4v) is 3.63. The molecule has 0 unspecified atom stereocenters. The molecule has 0 radical (unpaired) electrons. The topological polar surface area (TPSA) is 44.0 Å². The summed E-state index contributed by atoms with van der Waals surface area (Å²) in [5.74, 6) is 1.02. The van der Waals surface area contributed by atoms with E-state index in [0.717, 1.165) is 34.8 Å². The third-order valence-electron chi connectivity index (χ3n) is 4.32. The molecular weight excluding hydrogens is 284 g/mol. The third kappa shape index (κ3) is 2.35. The van der Waals surface area contributed by atoms with Crippen LogP contribution in [0.1, 0.15) is 45.2 Å².